The molecule has 2 aromatic heterocycles. The summed E-state index contributed by atoms with van der Waals surface area (Å²) in [5.41, 5.74) is 1.75. The van der Waals surface area contributed by atoms with Gasteiger partial charge in [-0.3, -0.25) is 19.5 Å². The lowest BCUT2D eigenvalue weighted by molar-refractivity contribution is -0.123. The van der Waals surface area contributed by atoms with E-state index in [1.807, 2.05) is 48.5 Å². The third-order valence-electron chi connectivity index (χ3n) is 4.77. The van der Waals surface area contributed by atoms with Crippen molar-refractivity contribution in [3.8, 4) is 0 Å². The van der Waals surface area contributed by atoms with Crippen LogP contribution >= 0.6 is 0 Å². The van der Waals surface area contributed by atoms with Gasteiger partial charge in [-0.05, 0) is 42.0 Å². The summed E-state index contributed by atoms with van der Waals surface area (Å²) in [6.07, 6.45) is 3.04. The summed E-state index contributed by atoms with van der Waals surface area (Å²) in [4.78, 5) is 32.5. The van der Waals surface area contributed by atoms with Gasteiger partial charge in [-0.1, -0.05) is 54.6 Å². The monoisotopic (exact) mass is 411 g/mol. The zero-order valence-electron chi connectivity index (χ0n) is 16.7. The van der Waals surface area contributed by atoms with Crippen molar-refractivity contribution in [3.05, 3.63) is 120 Å². The Morgan fingerprint density at radius 1 is 0.871 bits per heavy atom. The molecule has 0 saturated carbocycles. The Morgan fingerprint density at radius 2 is 1.58 bits per heavy atom. The standard InChI is InChI=1S/C25H21N3O3/c29-24(27-18-19-10-3-1-4-11-19)23(22-15-9-17-31-22)28(20-12-5-2-6-13-20)25(30)21-14-7-8-16-26-21/h1-17,23H,18H2,(H,27,29)/t23-/m1/s1. The lowest BCUT2D eigenvalue weighted by Gasteiger charge is -2.29. The lowest BCUT2D eigenvalue weighted by Crippen LogP contribution is -2.44. The number of carbonyl (C=O) groups is 2. The molecule has 0 spiro atoms. The minimum absolute atomic E-state index is 0.235. The van der Waals surface area contributed by atoms with E-state index in [1.54, 1.807) is 48.7 Å². The summed E-state index contributed by atoms with van der Waals surface area (Å²) in [5.74, 6) is -0.395. The molecule has 0 aliphatic carbocycles. The van der Waals surface area contributed by atoms with Gasteiger partial charge >= 0.3 is 0 Å². The summed E-state index contributed by atoms with van der Waals surface area (Å²) in [7, 11) is 0. The van der Waals surface area contributed by atoms with Gasteiger partial charge in [0.2, 0.25) is 0 Å². The van der Waals surface area contributed by atoms with Crippen molar-refractivity contribution in [2.24, 2.45) is 0 Å². The van der Waals surface area contributed by atoms with Crippen molar-refractivity contribution in [2.75, 3.05) is 4.90 Å². The van der Waals surface area contributed by atoms with Crippen LogP contribution in [0.4, 0.5) is 5.69 Å². The van der Waals surface area contributed by atoms with Crippen molar-refractivity contribution >= 4 is 17.5 Å². The quantitative estimate of drug-likeness (QED) is 0.490. The molecule has 0 unspecified atom stereocenters. The number of hydrogen-bond acceptors (Lipinski definition) is 4. The summed E-state index contributed by atoms with van der Waals surface area (Å²) in [6, 6.07) is 26.1. The van der Waals surface area contributed by atoms with Crippen LogP contribution in [0.1, 0.15) is 27.9 Å². The average Bonchev–Trinajstić information content (AvgIpc) is 3.37. The van der Waals surface area contributed by atoms with E-state index >= 15 is 0 Å². The molecule has 31 heavy (non-hydrogen) atoms. The highest BCUT2D eigenvalue weighted by Crippen LogP contribution is 2.29. The predicted octanol–water partition coefficient (Wildman–Crippen LogP) is 4.38. The highest BCUT2D eigenvalue weighted by atomic mass is 16.3. The first-order chi connectivity index (χ1) is 15.2. The Hall–Kier alpha value is -4.19. The second-order valence-corrected chi connectivity index (χ2v) is 6.85. The molecule has 2 heterocycles. The topological polar surface area (TPSA) is 75.4 Å². The van der Waals surface area contributed by atoms with E-state index in [0.29, 0.717) is 18.0 Å². The molecule has 2 aromatic carbocycles. The minimum atomic E-state index is -1.00. The van der Waals surface area contributed by atoms with Gasteiger partial charge in [0.25, 0.3) is 11.8 Å². The molecule has 0 bridgehead atoms. The van der Waals surface area contributed by atoms with Gasteiger partial charge in [-0.15, -0.1) is 0 Å². The number of benzene rings is 2. The molecule has 1 N–H and O–H groups in total. The Bertz CT molecular complexity index is 1110. The van der Waals surface area contributed by atoms with Crippen molar-refractivity contribution in [1.82, 2.24) is 10.3 Å². The molecule has 1 atom stereocenters. The van der Waals surface area contributed by atoms with Gasteiger partial charge in [-0.25, -0.2) is 0 Å². The molecular formula is C25H21N3O3. The highest BCUT2D eigenvalue weighted by Gasteiger charge is 2.35. The van der Waals surface area contributed by atoms with Crippen LogP contribution in [0.15, 0.2) is 108 Å². The molecular weight excluding hydrogens is 390 g/mol. The van der Waals surface area contributed by atoms with E-state index in [2.05, 4.69) is 10.3 Å². The Labute approximate surface area is 180 Å². The molecule has 4 rings (SSSR count). The molecule has 6 heteroatoms. The Morgan fingerprint density at radius 3 is 2.23 bits per heavy atom. The van der Waals surface area contributed by atoms with Gasteiger partial charge in [-0.2, -0.15) is 0 Å². The molecule has 0 radical (unpaired) electrons. The van der Waals surface area contributed by atoms with Crippen LogP contribution in [-0.4, -0.2) is 16.8 Å². The van der Waals surface area contributed by atoms with E-state index < -0.39 is 11.9 Å². The van der Waals surface area contributed by atoms with Gasteiger partial charge in [0.1, 0.15) is 11.5 Å². The van der Waals surface area contributed by atoms with Gasteiger partial charge < -0.3 is 9.73 Å². The summed E-state index contributed by atoms with van der Waals surface area (Å²) < 4.78 is 5.58. The maximum atomic E-state index is 13.5. The van der Waals surface area contributed by atoms with Crippen LogP contribution in [0.25, 0.3) is 0 Å². The zero-order chi connectivity index (χ0) is 21.5. The predicted molar refractivity (Wildman–Crippen MR) is 117 cm³/mol. The van der Waals surface area contributed by atoms with Crippen LogP contribution in [0.3, 0.4) is 0 Å². The number of nitrogens with zero attached hydrogens (tertiary/aromatic N) is 2. The number of carbonyl (C=O) groups excluding carboxylic acids is 2. The normalized spacial score (nSPS) is 11.5. The van der Waals surface area contributed by atoms with Crippen molar-refractivity contribution in [3.63, 3.8) is 0 Å². The number of anilines is 1. The number of nitrogens with one attached hydrogen (secondary N) is 1. The molecule has 0 aliphatic rings. The van der Waals surface area contributed by atoms with Crippen molar-refractivity contribution in [2.45, 2.75) is 12.6 Å². The maximum Gasteiger partial charge on any atom is 0.277 e. The summed E-state index contributed by atoms with van der Waals surface area (Å²) >= 11 is 0. The third kappa shape index (κ3) is 4.70. The number of hydrogen-bond donors (Lipinski definition) is 1. The molecule has 0 saturated heterocycles. The number of pyridine rings is 1. The zero-order valence-corrected chi connectivity index (χ0v) is 16.7. The van der Waals surface area contributed by atoms with E-state index in [0.717, 1.165) is 5.56 Å². The van der Waals surface area contributed by atoms with E-state index in [4.69, 9.17) is 4.42 Å². The molecule has 4 aromatic rings. The van der Waals surface area contributed by atoms with Crippen LogP contribution < -0.4 is 10.2 Å². The van der Waals surface area contributed by atoms with Crippen molar-refractivity contribution in [1.29, 1.82) is 0 Å². The van der Waals surface area contributed by atoms with Gasteiger partial charge in [0.15, 0.2) is 6.04 Å². The summed E-state index contributed by atoms with van der Waals surface area (Å²) in [5, 5.41) is 2.93. The fourth-order valence-electron chi connectivity index (χ4n) is 3.29. The highest BCUT2D eigenvalue weighted by molar-refractivity contribution is 6.08. The number of amides is 2. The number of furan rings is 1. The number of aromatic nitrogens is 1. The van der Waals surface area contributed by atoms with E-state index in [-0.39, 0.29) is 11.6 Å². The first-order valence-electron chi connectivity index (χ1n) is 9.89. The second-order valence-electron chi connectivity index (χ2n) is 6.85. The fourth-order valence-corrected chi connectivity index (χ4v) is 3.29. The maximum absolute atomic E-state index is 13.5. The molecule has 0 fully saturated rings. The lowest BCUT2D eigenvalue weighted by atomic mass is 10.1. The first kappa shape index (κ1) is 20.1. The van der Waals surface area contributed by atoms with Crippen LogP contribution in [-0.2, 0) is 11.3 Å². The Kier molecular flexibility index (Phi) is 6.18. The minimum Gasteiger partial charge on any atom is -0.467 e. The first-order valence-corrected chi connectivity index (χ1v) is 9.89. The second kappa shape index (κ2) is 9.54. The van der Waals surface area contributed by atoms with Crippen molar-refractivity contribution < 1.29 is 14.0 Å². The number of rotatable bonds is 7. The largest absolute Gasteiger partial charge is 0.467 e. The van der Waals surface area contributed by atoms with E-state index in [9.17, 15) is 9.59 Å². The fraction of sp³-hybridized carbons (Fsp3) is 0.0800. The SMILES string of the molecule is O=C(NCc1ccccc1)[C@@H](c1ccco1)N(C(=O)c1ccccn1)c1ccccc1. The van der Waals surface area contributed by atoms with Gasteiger partial charge in [0, 0.05) is 18.4 Å². The molecule has 6 nitrogen and oxygen atoms in total. The summed E-state index contributed by atoms with van der Waals surface area (Å²) in [6.45, 7) is 0.331. The molecule has 0 aliphatic heterocycles. The molecule has 154 valence electrons. The van der Waals surface area contributed by atoms with Crippen LogP contribution in [0, 0.1) is 0 Å². The third-order valence-corrected chi connectivity index (χ3v) is 4.77. The molecule has 2 amide bonds. The van der Waals surface area contributed by atoms with E-state index in [1.165, 1.54) is 11.2 Å². The number of para-hydroxylation sites is 1. The van der Waals surface area contributed by atoms with Gasteiger partial charge in [0.05, 0.1) is 6.26 Å². The Balaban J connectivity index is 1.72. The van der Waals surface area contributed by atoms with Crippen LogP contribution in [0.5, 0.6) is 0 Å². The average molecular weight is 411 g/mol. The van der Waals surface area contributed by atoms with Crippen LogP contribution in [0.2, 0.25) is 0 Å². The smallest absolute Gasteiger partial charge is 0.277 e.